The van der Waals surface area contributed by atoms with E-state index in [4.69, 9.17) is 0 Å². The normalized spacial score (nSPS) is 14.7. The van der Waals surface area contributed by atoms with Gasteiger partial charge >= 0.3 is 0 Å². The van der Waals surface area contributed by atoms with Gasteiger partial charge in [-0.2, -0.15) is 0 Å². The van der Waals surface area contributed by atoms with E-state index in [1.807, 2.05) is 24.3 Å². The summed E-state index contributed by atoms with van der Waals surface area (Å²) in [6.07, 6.45) is 4.35. The number of nitrogens with zero attached hydrogens (tertiary/aromatic N) is 1. The van der Waals surface area contributed by atoms with Crippen LogP contribution in [0.1, 0.15) is 42.4 Å². The Hall–Kier alpha value is -2.82. The number of rotatable bonds is 6. The smallest absolute Gasteiger partial charge is 0.227 e. The third-order valence-corrected chi connectivity index (χ3v) is 5.15. The number of carbonyl (C=O) groups excluding carboxylic acids is 1. The van der Waals surface area contributed by atoms with Crippen LogP contribution < -0.4 is 16.0 Å². The van der Waals surface area contributed by atoms with Crippen molar-refractivity contribution >= 4 is 17.6 Å². The molecule has 0 aromatic heterocycles. The largest absolute Gasteiger partial charge is 0.352 e. The maximum absolute atomic E-state index is 12.3. The number of amides is 1. The molecule has 3 N–H and O–H groups in total. The Balaban J connectivity index is 1.50. The molecular weight excluding hydrogens is 348 g/mol. The van der Waals surface area contributed by atoms with Crippen LogP contribution in [0.4, 0.5) is 5.69 Å². The number of benzene rings is 2. The van der Waals surface area contributed by atoms with Gasteiger partial charge in [-0.15, -0.1) is 0 Å². The highest BCUT2D eigenvalue weighted by Crippen LogP contribution is 2.26. The van der Waals surface area contributed by atoms with Crippen LogP contribution in [0.3, 0.4) is 0 Å². The summed E-state index contributed by atoms with van der Waals surface area (Å²) >= 11 is 0. The van der Waals surface area contributed by atoms with Crippen LogP contribution in [0.25, 0.3) is 0 Å². The van der Waals surface area contributed by atoms with Gasteiger partial charge < -0.3 is 16.0 Å². The van der Waals surface area contributed by atoms with Crippen LogP contribution in [0.15, 0.2) is 53.5 Å². The van der Waals surface area contributed by atoms with Crippen LogP contribution >= 0.6 is 0 Å². The van der Waals surface area contributed by atoms with Crippen LogP contribution in [-0.2, 0) is 17.9 Å². The maximum atomic E-state index is 12.3. The predicted octanol–water partition coefficient (Wildman–Crippen LogP) is 3.99. The van der Waals surface area contributed by atoms with Crippen molar-refractivity contribution in [3.8, 4) is 0 Å². The van der Waals surface area contributed by atoms with Crippen molar-refractivity contribution in [3.63, 3.8) is 0 Å². The van der Waals surface area contributed by atoms with Gasteiger partial charge in [-0.1, -0.05) is 54.8 Å². The second-order valence-electron chi connectivity index (χ2n) is 7.44. The Kier molecular flexibility index (Phi) is 7.06. The number of nitrogens with one attached hydrogen (secondary N) is 3. The molecular formula is C23H30N4O. The Labute approximate surface area is 167 Å². The van der Waals surface area contributed by atoms with Gasteiger partial charge in [-0.25, -0.2) is 0 Å². The number of aliphatic imine (C=N–C) groups is 1. The molecule has 0 atom stereocenters. The highest BCUT2D eigenvalue weighted by Gasteiger charge is 2.22. The molecule has 3 rings (SSSR count). The highest BCUT2D eigenvalue weighted by molar-refractivity contribution is 5.92. The fraction of sp³-hybridized carbons (Fsp3) is 0.391. The zero-order valence-corrected chi connectivity index (χ0v) is 16.8. The average Bonchev–Trinajstić information content (AvgIpc) is 3.23. The fourth-order valence-electron chi connectivity index (χ4n) is 3.61. The van der Waals surface area contributed by atoms with Gasteiger partial charge in [0.1, 0.15) is 0 Å². The highest BCUT2D eigenvalue weighted by atomic mass is 16.1. The molecule has 0 unspecified atom stereocenters. The number of hydrogen-bond donors (Lipinski definition) is 3. The van der Waals surface area contributed by atoms with Crippen LogP contribution in [-0.4, -0.2) is 18.9 Å². The van der Waals surface area contributed by atoms with E-state index < -0.39 is 0 Å². The van der Waals surface area contributed by atoms with Gasteiger partial charge in [0.25, 0.3) is 0 Å². The van der Waals surface area contributed by atoms with E-state index in [1.165, 1.54) is 11.1 Å². The Morgan fingerprint density at radius 1 is 1.00 bits per heavy atom. The van der Waals surface area contributed by atoms with E-state index in [1.54, 1.807) is 7.05 Å². The Morgan fingerprint density at radius 2 is 1.64 bits per heavy atom. The molecule has 0 saturated heterocycles. The zero-order valence-electron chi connectivity index (χ0n) is 16.8. The van der Waals surface area contributed by atoms with Crippen molar-refractivity contribution in [1.29, 1.82) is 0 Å². The van der Waals surface area contributed by atoms with Crippen molar-refractivity contribution in [3.05, 3.63) is 65.2 Å². The summed E-state index contributed by atoms with van der Waals surface area (Å²) in [5.41, 5.74) is 4.43. The van der Waals surface area contributed by atoms with Crippen LogP contribution in [0.2, 0.25) is 0 Å². The molecule has 148 valence electrons. The summed E-state index contributed by atoms with van der Waals surface area (Å²) in [5, 5.41) is 9.73. The number of carbonyl (C=O) groups is 1. The molecule has 0 heterocycles. The zero-order chi connectivity index (χ0) is 19.8. The monoisotopic (exact) mass is 378 g/mol. The molecule has 0 spiro atoms. The first-order chi connectivity index (χ1) is 13.6. The molecule has 1 aliphatic carbocycles. The first-order valence-corrected chi connectivity index (χ1v) is 10.0. The van der Waals surface area contributed by atoms with Gasteiger partial charge in [-0.05, 0) is 43.0 Å². The first kappa shape index (κ1) is 19.9. The third-order valence-electron chi connectivity index (χ3n) is 5.15. The van der Waals surface area contributed by atoms with Crippen molar-refractivity contribution in [2.75, 3.05) is 12.4 Å². The Morgan fingerprint density at radius 3 is 2.29 bits per heavy atom. The summed E-state index contributed by atoms with van der Waals surface area (Å²) in [4.78, 5) is 16.6. The number of guanidine groups is 1. The molecule has 2 aromatic carbocycles. The number of anilines is 1. The quantitative estimate of drug-likeness (QED) is 0.526. The van der Waals surface area contributed by atoms with Crippen LogP contribution in [0.5, 0.6) is 0 Å². The standard InChI is InChI=1S/C23H30N4O/c1-17-7-5-8-18(13-17)15-25-23(24-2)26-16-19-9-6-12-21(14-19)27-22(28)20-10-3-4-11-20/h5-9,12-14,20H,3-4,10-11,15-16H2,1-2H3,(H,27,28)(H2,24,25,26). The topological polar surface area (TPSA) is 65.5 Å². The predicted molar refractivity (Wildman–Crippen MR) is 115 cm³/mol. The van der Waals surface area contributed by atoms with E-state index in [0.717, 1.165) is 49.4 Å². The van der Waals surface area contributed by atoms with Crippen molar-refractivity contribution in [2.45, 2.75) is 45.7 Å². The van der Waals surface area contributed by atoms with Crippen molar-refractivity contribution in [1.82, 2.24) is 10.6 Å². The number of hydrogen-bond acceptors (Lipinski definition) is 2. The summed E-state index contributed by atoms with van der Waals surface area (Å²) in [6.45, 7) is 3.45. The van der Waals surface area contributed by atoms with Gasteiger partial charge in [0.2, 0.25) is 5.91 Å². The van der Waals surface area contributed by atoms with E-state index in [-0.39, 0.29) is 11.8 Å². The van der Waals surface area contributed by atoms with Crippen molar-refractivity contribution < 1.29 is 4.79 Å². The van der Waals surface area contributed by atoms with Gasteiger partial charge in [0, 0.05) is 31.7 Å². The van der Waals surface area contributed by atoms with Crippen molar-refractivity contribution in [2.24, 2.45) is 10.9 Å². The lowest BCUT2D eigenvalue weighted by molar-refractivity contribution is -0.119. The minimum absolute atomic E-state index is 0.151. The number of aryl methyl sites for hydroxylation is 1. The maximum Gasteiger partial charge on any atom is 0.227 e. The summed E-state index contributed by atoms with van der Waals surface area (Å²) in [5.74, 6) is 1.08. The lowest BCUT2D eigenvalue weighted by atomic mass is 10.1. The molecule has 1 saturated carbocycles. The fourth-order valence-corrected chi connectivity index (χ4v) is 3.61. The molecule has 0 radical (unpaired) electrons. The second kappa shape index (κ2) is 9.93. The van der Waals surface area contributed by atoms with E-state index >= 15 is 0 Å². The van der Waals surface area contributed by atoms with Gasteiger partial charge in [0.05, 0.1) is 0 Å². The molecule has 2 aromatic rings. The first-order valence-electron chi connectivity index (χ1n) is 10.0. The van der Waals surface area contributed by atoms with Gasteiger partial charge in [0.15, 0.2) is 5.96 Å². The molecule has 0 bridgehead atoms. The van der Waals surface area contributed by atoms with Gasteiger partial charge in [-0.3, -0.25) is 9.79 Å². The summed E-state index contributed by atoms with van der Waals surface area (Å²) in [7, 11) is 1.77. The molecule has 0 aliphatic heterocycles. The summed E-state index contributed by atoms with van der Waals surface area (Å²) in [6, 6.07) is 16.4. The Bertz CT molecular complexity index is 825. The minimum Gasteiger partial charge on any atom is -0.352 e. The molecule has 1 aliphatic rings. The second-order valence-corrected chi connectivity index (χ2v) is 7.44. The summed E-state index contributed by atoms with van der Waals surface area (Å²) < 4.78 is 0. The van der Waals surface area contributed by atoms with E-state index in [0.29, 0.717) is 6.54 Å². The SMILES string of the molecule is CN=C(NCc1cccc(C)c1)NCc1cccc(NC(=O)C2CCCC2)c1. The average molecular weight is 379 g/mol. The lowest BCUT2D eigenvalue weighted by Crippen LogP contribution is -2.36. The lowest BCUT2D eigenvalue weighted by Gasteiger charge is -2.14. The molecule has 1 amide bonds. The minimum atomic E-state index is 0.151. The molecule has 5 nitrogen and oxygen atoms in total. The van der Waals surface area contributed by atoms with E-state index in [2.05, 4.69) is 52.1 Å². The van der Waals surface area contributed by atoms with Crippen LogP contribution in [0, 0.1) is 12.8 Å². The van der Waals surface area contributed by atoms with E-state index in [9.17, 15) is 4.79 Å². The molecule has 1 fully saturated rings. The molecule has 28 heavy (non-hydrogen) atoms. The third kappa shape index (κ3) is 5.84. The molecule has 5 heteroatoms.